The Morgan fingerprint density at radius 2 is 2.16 bits per heavy atom. The van der Waals surface area contributed by atoms with Crippen molar-refractivity contribution in [3.8, 4) is 23.2 Å². The highest BCUT2D eigenvalue weighted by atomic mass is 19.1. The number of imidazole rings is 1. The van der Waals surface area contributed by atoms with Crippen molar-refractivity contribution in [3.63, 3.8) is 0 Å². The van der Waals surface area contributed by atoms with E-state index in [1.54, 1.807) is 23.7 Å². The van der Waals surface area contributed by atoms with Crippen LogP contribution in [0.2, 0.25) is 0 Å². The highest BCUT2D eigenvalue weighted by Crippen LogP contribution is 2.25. The van der Waals surface area contributed by atoms with Crippen molar-refractivity contribution < 1.29 is 14.3 Å². The molecule has 0 saturated heterocycles. The Morgan fingerprint density at radius 1 is 1.36 bits per heavy atom. The Bertz CT molecular complexity index is 1030. The second-order valence-electron chi connectivity index (χ2n) is 5.30. The second kappa shape index (κ2) is 6.57. The summed E-state index contributed by atoms with van der Waals surface area (Å²) in [6.07, 6.45) is 0.136. The summed E-state index contributed by atoms with van der Waals surface area (Å²) in [5, 5.41) is 8.61. The minimum Gasteiger partial charge on any atom is -0.481 e. The van der Waals surface area contributed by atoms with E-state index in [1.807, 2.05) is 0 Å². The Morgan fingerprint density at radius 3 is 2.88 bits per heavy atom. The van der Waals surface area contributed by atoms with Crippen LogP contribution in [-0.4, -0.2) is 30.6 Å². The maximum atomic E-state index is 13.5. The highest BCUT2D eigenvalue weighted by Gasteiger charge is 2.15. The molecule has 0 bridgehead atoms. The number of rotatable bonds is 3. The number of fused-ring (bicyclic) bond motifs is 1. The topological polar surface area (TPSA) is 107 Å². The smallest absolute Gasteiger partial charge is 0.304 e. The number of hydrogen-bond donors (Lipinski definition) is 2. The molecule has 0 fully saturated rings. The monoisotopic (exact) mass is 339 g/mol. The first-order valence-electron chi connectivity index (χ1n) is 7.42. The van der Waals surface area contributed by atoms with Gasteiger partial charge >= 0.3 is 5.97 Å². The fourth-order valence-electron chi connectivity index (χ4n) is 2.33. The molecule has 3 aromatic rings. The number of halogens is 1. The van der Waals surface area contributed by atoms with Crippen molar-refractivity contribution in [2.24, 2.45) is 7.05 Å². The largest absolute Gasteiger partial charge is 0.481 e. The third-order valence-corrected chi connectivity index (χ3v) is 3.49. The molecule has 0 aliphatic carbocycles. The number of nitrogens with two attached hydrogens (primary N) is 1. The predicted molar refractivity (Wildman–Crippen MR) is 89.9 cm³/mol. The number of carboxylic acids is 1. The number of nitrogens with zero attached hydrogens (tertiary/aromatic N) is 4. The fraction of sp³-hybridized carbons (Fsp3) is 0.176. The second-order valence-corrected chi connectivity index (χ2v) is 5.30. The van der Waals surface area contributed by atoms with Crippen LogP contribution in [-0.2, 0) is 11.8 Å². The lowest BCUT2D eigenvalue weighted by atomic mass is 10.2. The Hall–Kier alpha value is -3.47. The minimum absolute atomic E-state index is 0.0554. The van der Waals surface area contributed by atoms with Crippen LogP contribution in [0.25, 0.3) is 22.6 Å². The van der Waals surface area contributed by atoms with Crippen molar-refractivity contribution in [3.05, 3.63) is 35.9 Å². The van der Waals surface area contributed by atoms with Gasteiger partial charge < -0.3 is 15.4 Å². The third kappa shape index (κ3) is 3.40. The summed E-state index contributed by atoms with van der Waals surface area (Å²) in [5.41, 5.74) is 7.40. The molecule has 1 aromatic carbocycles. The Kier molecular flexibility index (Phi) is 4.31. The molecule has 126 valence electrons. The lowest BCUT2D eigenvalue weighted by Crippen LogP contribution is -2.00. The van der Waals surface area contributed by atoms with Crippen LogP contribution < -0.4 is 5.73 Å². The maximum absolute atomic E-state index is 13.5. The van der Waals surface area contributed by atoms with E-state index in [1.165, 1.54) is 12.1 Å². The molecule has 0 saturated carbocycles. The molecule has 0 spiro atoms. The number of carbonyl (C=O) groups is 1. The maximum Gasteiger partial charge on any atom is 0.304 e. The van der Waals surface area contributed by atoms with Crippen molar-refractivity contribution in [1.82, 2.24) is 19.5 Å². The molecular weight excluding hydrogens is 325 g/mol. The molecule has 3 N–H and O–H groups in total. The molecular formula is C17H14FN5O2. The average molecular weight is 339 g/mol. The van der Waals surface area contributed by atoms with Gasteiger partial charge in [-0.3, -0.25) is 4.79 Å². The Balaban J connectivity index is 2.03. The highest BCUT2D eigenvalue weighted by molar-refractivity contribution is 5.85. The number of aryl methyl sites for hydroxylation is 1. The van der Waals surface area contributed by atoms with Gasteiger partial charge in [0.25, 0.3) is 0 Å². The molecule has 0 aliphatic rings. The van der Waals surface area contributed by atoms with Crippen molar-refractivity contribution in [2.45, 2.75) is 12.8 Å². The van der Waals surface area contributed by atoms with Crippen LogP contribution in [0.1, 0.15) is 18.7 Å². The van der Waals surface area contributed by atoms with Crippen molar-refractivity contribution >= 4 is 23.0 Å². The first-order chi connectivity index (χ1) is 12.0. The summed E-state index contributed by atoms with van der Waals surface area (Å²) in [5.74, 6) is 4.96. The summed E-state index contributed by atoms with van der Waals surface area (Å²) in [6.45, 7) is 0. The molecule has 0 unspecified atom stereocenters. The molecule has 0 amide bonds. The summed E-state index contributed by atoms with van der Waals surface area (Å²) >= 11 is 0. The summed E-state index contributed by atoms with van der Waals surface area (Å²) in [6, 6.07) is 6.06. The molecule has 0 atom stereocenters. The van der Waals surface area contributed by atoms with Gasteiger partial charge in [-0.2, -0.15) is 0 Å². The van der Waals surface area contributed by atoms with E-state index < -0.39 is 5.97 Å². The predicted octanol–water partition coefficient (Wildman–Crippen LogP) is 1.97. The number of hydrogen-bond acceptors (Lipinski definition) is 5. The molecule has 7 nitrogen and oxygen atoms in total. The van der Waals surface area contributed by atoms with Crippen molar-refractivity contribution in [1.29, 1.82) is 0 Å². The van der Waals surface area contributed by atoms with Gasteiger partial charge in [-0.25, -0.2) is 19.3 Å². The van der Waals surface area contributed by atoms with E-state index in [-0.39, 0.29) is 30.3 Å². The number of nitrogen functional groups attached to an aromatic ring is 1. The zero-order valence-corrected chi connectivity index (χ0v) is 13.3. The quantitative estimate of drug-likeness (QED) is 0.707. The number of aromatic nitrogens is 4. The van der Waals surface area contributed by atoms with E-state index in [0.717, 1.165) is 0 Å². The summed E-state index contributed by atoms with van der Waals surface area (Å²) in [4.78, 5) is 23.3. The molecule has 0 radical (unpaired) electrons. The van der Waals surface area contributed by atoms with Gasteiger partial charge in [-0.05, 0) is 18.1 Å². The van der Waals surface area contributed by atoms with Crippen LogP contribution in [0.5, 0.6) is 0 Å². The minimum atomic E-state index is -0.920. The van der Waals surface area contributed by atoms with E-state index in [9.17, 15) is 9.18 Å². The molecule has 8 heteroatoms. The molecule has 0 aliphatic heterocycles. The lowest BCUT2D eigenvalue weighted by Gasteiger charge is -2.02. The van der Waals surface area contributed by atoms with Gasteiger partial charge in [-0.15, -0.1) is 0 Å². The molecule has 3 rings (SSSR count). The third-order valence-electron chi connectivity index (χ3n) is 3.49. The van der Waals surface area contributed by atoms with Crippen LogP contribution in [0, 0.1) is 17.7 Å². The van der Waals surface area contributed by atoms with Crippen LogP contribution in [0.4, 0.5) is 10.2 Å². The van der Waals surface area contributed by atoms with Gasteiger partial charge in [-0.1, -0.05) is 18.1 Å². The van der Waals surface area contributed by atoms with Gasteiger partial charge in [0.15, 0.2) is 17.0 Å². The zero-order chi connectivity index (χ0) is 18.0. The van der Waals surface area contributed by atoms with E-state index in [0.29, 0.717) is 22.6 Å². The number of anilines is 1. The first kappa shape index (κ1) is 16.4. The van der Waals surface area contributed by atoms with Gasteiger partial charge in [0, 0.05) is 19.0 Å². The van der Waals surface area contributed by atoms with Crippen LogP contribution in [0.3, 0.4) is 0 Å². The zero-order valence-electron chi connectivity index (χ0n) is 13.3. The van der Waals surface area contributed by atoms with Gasteiger partial charge in [0.2, 0.25) is 5.82 Å². The fourth-order valence-corrected chi connectivity index (χ4v) is 2.33. The van der Waals surface area contributed by atoms with Crippen molar-refractivity contribution in [2.75, 3.05) is 5.73 Å². The van der Waals surface area contributed by atoms with Gasteiger partial charge in [0.1, 0.15) is 11.6 Å². The Labute approximate surface area is 142 Å². The SMILES string of the molecule is Cn1c(-c2cccc(F)c2)nc2c(N)nc(C#CCCC(=O)O)nc21. The van der Waals surface area contributed by atoms with E-state index in [2.05, 4.69) is 26.8 Å². The normalized spacial score (nSPS) is 10.5. The summed E-state index contributed by atoms with van der Waals surface area (Å²) in [7, 11) is 1.74. The van der Waals surface area contributed by atoms with Crippen LogP contribution >= 0.6 is 0 Å². The molecule has 2 aromatic heterocycles. The number of carboxylic acid groups (broad SMARTS) is 1. The van der Waals surface area contributed by atoms with Gasteiger partial charge in [0.05, 0.1) is 6.42 Å². The average Bonchev–Trinajstić information content (AvgIpc) is 2.89. The summed E-state index contributed by atoms with van der Waals surface area (Å²) < 4.78 is 15.1. The van der Waals surface area contributed by atoms with Crippen LogP contribution in [0.15, 0.2) is 24.3 Å². The standard InChI is InChI=1S/C17H14FN5O2/c1-23-16(10-5-4-6-11(18)9-10)22-14-15(19)20-12(21-17(14)23)7-2-3-8-13(24)25/h4-6,9H,3,8H2,1H3,(H,24,25)(H2,19,20,21). The molecule has 2 heterocycles. The first-order valence-corrected chi connectivity index (χ1v) is 7.42. The molecule has 25 heavy (non-hydrogen) atoms. The van der Waals surface area contributed by atoms with E-state index in [4.69, 9.17) is 10.8 Å². The number of aliphatic carboxylic acids is 1. The number of benzene rings is 1. The lowest BCUT2D eigenvalue weighted by molar-refractivity contribution is -0.136. The van der Waals surface area contributed by atoms with E-state index >= 15 is 0 Å².